The molecule has 2 aromatic rings. The number of rotatable bonds is 6. The second kappa shape index (κ2) is 7.31. The molecule has 0 aliphatic rings. The third-order valence-corrected chi connectivity index (χ3v) is 4.25. The summed E-state index contributed by atoms with van der Waals surface area (Å²) >= 11 is 0. The van der Waals surface area contributed by atoms with E-state index in [9.17, 15) is 0 Å². The van der Waals surface area contributed by atoms with Crippen LogP contribution in [0.25, 0.3) is 0 Å². The van der Waals surface area contributed by atoms with Crippen LogP contribution in [0, 0.1) is 0 Å². The molecule has 2 aromatic carbocycles. The molecule has 0 fully saturated rings. The van der Waals surface area contributed by atoms with Crippen molar-refractivity contribution in [1.82, 2.24) is 0 Å². The second-order valence-electron chi connectivity index (χ2n) is 5.42. The molecule has 0 saturated heterocycles. The van der Waals surface area contributed by atoms with Crippen LogP contribution in [0.5, 0.6) is 0 Å². The fraction of sp³-hybridized carbons (Fsp3) is 0.400. The van der Waals surface area contributed by atoms with E-state index in [2.05, 4.69) is 69.4 Å². The highest BCUT2D eigenvalue weighted by Gasteiger charge is 2.14. The fourth-order valence-electron chi connectivity index (χ4n) is 3.26. The maximum Gasteiger partial charge on any atom is 0.0422 e. The molecule has 0 atom stereocenters. The summed E-state index contributed by atoms with van der Waals surface area (Å²) in [7, 11) is 0. The summed E-state index contributed by atoms with van der Waals surface area (Å²) in [5, 5.41) is 3.62. The highest BCUT2D eigenvalue weighted by Crippen LogP contribution is 2.31. The molecule has 0 unspecified atom stereocenters. The monoisotopic (exact) mass is 281 g/mol. The molecule has 1 heteroatoms. The van der Waals surface area contributed by atoms with E-state index >= 15 is 0 Å². The highest BCUT2D eigenvalue weighted by molar-refractivity contribution is 5.67. The topological polar surface area (TPSA) is 12.0 Å². The zero-order chi connectivity index (χ0) is 15.2. The number of benzene rings is 2. The van der Waals surface area contributed by atoms with Gasteiger partial charge in [0.15, 0.2) is 0 Å². The molecular weight excluding hydrogens is 254 g/mol. The maximum atomic E-state index is 3.62. The Hall–Kier alpha value is -1.76. The van der Waals surface area contributed by atoms with Crippen molar-refractivity contribution in [2.45, 2.75) is 53.4 Å². The molecule has 1 nitrogen and oxygen atoms in total. The summed E-state index contributed by atoms with van der Waals surface area (Å²) in [6.07, 6.45) is 4.42. The van der Waals surface area contributed by atoms with Gasteiger partial charge in [0.1, 0.15) is 0 Å². The lowest BCUT2D eigenvalue weighted by atomic mass is 9.89. The Balaban J connectivity index is 2.54. The van der Waals surface area contributed by atoms with Crippen molar-refractivity contribution in [3.63, 3.8) is 0 Å². The highest BCUT2D eigenvalue weighted by atomic mass is 14.9. The Morgan fingerprint density at radius 3 is 1.86 bits per heavy atom. The molecule has 0 radical (unpaired) electrons. The minimum absolute atomic E-state index is 1.08. The fourth-order valence-corrected chi connectivity index (χ4v) is 3.26. The zero-order valence-corrected chi connectivity index (χ0v) is 13.8. The summed E-state index contributed by atoms with van der Waals surface area (Å²) in [5.74, 6) is 0. The maximum absolute atomic E-state index is 3.62. The smallest absolute Gasteiger partial charge is 0.0422 e. The molecule has 0 aromatic heterocycles. The van der Waals surface area contributed by atoms with Gasteiger partial charge in [0.25, 0.3) is 0 Å². The first-order chi connectivity index (χ1) is 10.2. The lowest BCUT2D eigenvalue weighted by Gasteiger charge is -2.21. The molecule has 0 saturated carbocycles. The lowest BCUT2D eigenvalue weighted by Crippen LogP contribution is -2.06. The van der Waals surface area contributed by atoms with Gasteiger partial charge in [-0.05, 0) is 66.1 Å². The Bertz CT molecular complexity index is 585. The van der Waals surface area contributed by atoms with Crippen LogP contribution in [0.15, 0.2) is 36.4 Å². The van der Waals surface area contributed by atoms with Crippen molar-refractivity contribution < 1.29 is 0 Å². The van der Waals surface area contributed by atoms with E-state index in [0.29, 0.717) is 0 Å². The van der Waals surface area contributed by atoms with Crippen LogP contribution >= 0.6 is 0 Å². The van der Waals surface area contributed by atoms with Crippen LogP contribution in [0.2, 0.25) is 0 Å². The van der Waals surface area contributed by atoms with Crippen molar-refractivity contribution >= 4 is 11.4 Å². The zero-order valence-electron chi connectivity index (χ0n) is 13.8. The Morgan fingerprint density at radius 1 is 0.714 bits per heavy atom. The van der Waals surface area contributed by atoms with Gasteiger partial charge in [-0.2, -0.15) is 0 Å². The number of hydrogen-bond acceptors (Lipinski definition) is 1. The van der Waals surface area contributed by atoms with Crippen LogP contribution in [0.3, 0.4) is 0 Å². The predicted octanol–water partition coefficient (Wildman–Crippen LogP) is 5.68. The SMILES string of the molecule is CCc1cc(Nc2ccccc2)c(CC)c(CC)c1CC. The summed E-state index contributed by atoms with van der Waals surface area (Å²) in [6, 6.07) is 12.8. The molecule has 0 aliphatic carbocycles. The van der Waals surface area contributed by atoms with Crippen molar-refractivity contribution in [1.29, 1.82) is 0 Å². The normalized spacial score (nSPS) is 10.7. The van der Waals surface area contributed by atoms with Crippen LogP contribution in [-0.2, 0) is 25.7 Å². The minimum Gasteiger partial charge on any atom is -0.355 e. The Labute approximate surface area is 129 Å². The number of anilines is 2. The minimum atomic E-state index is 1.08. The number of aryl methyl sites for hydroxylation is 1. The first kappa shape index (κ1) is 15.6. The Kier molecular flexibility index (Phi) is 5.44. The van der Waals surface area contributed by atoms with Gasteiger partial charge in [0.2, 0.25) is 0 Å². The molecule has 2 rings (SSSR count). The molecule has 112 valence electrons. The van der Waals surface area contributed by atoms with E-state index < -0.39 is 0 Å². The van der Waals surface area contributed by atoms with Crippen LogP contribution < -0.4 is 5.32 Å². The Morgan fingerprint density at radius 2 is 1.33 bits per heavy atom. The van der Waals surface area contributed by atoms with Gasteiger partial charge >= 0.3 is 0 Å². The number of hydrogen-bond donors (Lipinski definition) is 1. The molecule has 21 heavy (non-hydrogen) atoms. The standard InChI is InChI=1S/C20H27N/c1-5-15-14-20(21-16-12-10-9-11-13-16)19(8-4)18(7-3)17(15)6-2/h9-14,21H,5-8H2,1-4H3. The van der Waals surface area contributed by atoms with Gasteiger partial charge in [0, 0.05) is 11.4 Å². The van der Waals surface area contributed by atoms with Gasteiger partial charge in [-0.25, -0.2) is 0 Å². The molecule has 1 N–H and O–H groups in total. The first-order valence-corrected chi connectivity index (χ1v) is 8.23. The van der Waals surface area contributed by atoms with Crippen molar-refractivity contribution in [2.24, 2.45) is 0 Å². The van der Waals surface area contributed by atoms with E-state index in [1.807, 2.05) is 0 Å². The largest absolute Gasteiger partial charge is 0.355 e. The molecule has 0 bridgehead atoms. The van der Waals surface area contributed by atoms with Crippen molar-refractivity contribution in [3.8, 4) is 0 Å². The second-order valence-corrected chi connectivity index (χ2v) is 5.42. The van der Waals surface area contributed by atoms with Crippen molar-refractivity contribution in [3.05, 3.63) is 58.7 Å². The number of nitrogens with one attached hydrogen (secondary N) is 1. The number of para-hydroxylation sites is 1. The summed E-state index contributed by atoms with van der Waals surface area (Å²) < 4.78 is 0. The summed E-state index contributed by atoms with van der Waals surface area (Å²) in [6.45, 7) is 9.07. The third kappa shape index (κ3) is 3.29. The van der Waals surface area contributed by atoms with E-state index in [4.69, 9.17) is 0 Å². The molecular formula is C20H27N. The molecule has 0 spiro atoms. The first-order valence-electron chi connectivity index (χ1n) is 8.23. The van der Waals surface area contributed by atoms with E-state index in [-0.39, 0.29) is 0 Å². The van der Waals surface area contributed by atoms with Gasteiger partial charge in [-0.1, -0.05) is 45.9 Å². The van der Waals surface area contributed by atoms with Crippen molar-refractivity contribution in [2.75, 3.05) is 5.32 Å². The van der Waals surface area contributed by atoms with Gasteiger partial charge in [0.05, 0.1) is 0 Å². The third-order valence-electron chi connectivity index (χ3n) is 4.25. The average molecular weight is 281 g/mol. The molecule has 0 amide bonds. The summed E-state index contributed by atoms with van der Waals surface area (Å²) in [5.41, 5.74) is 8.55. The molecule has 0 aliphatic heterocycles. The predicted molar refractivity (Wildman–Crippen MR) is 93.7 cm³/mol. The van der Waals surface area contributed by atoms with E-state index in [0.717, 1.165) is 25.7 Å². The van der Waals surface area contributed by atoms with Gasteiger partial charge in [-0.3, -0.25) is 0 Å². The molecule has 0 heterocycles. The quantitative estimate of drug-likeness (QED) is 0.718. The van der Waals surface area contributed by atoms with Gasteiger partial charge < -0.3 is 5.32 Å². The van der Waals surface area contributed by atoms with Crippen LogP contribution in [0.4, 0.5) is 11.4 Å². The van der Waals surface area contributed by atoms with E-state index in [1.165, 1.54) is 22.5 Å². The summed E-state index contributed by atoms with van der Waals surface area (Å²) in [4.78, 5) is 0. The lowest BCUT2D eigenvalue weighted by molar-refractivity contribution is 0.947. The van der Waals surface area contributed by atoms with Crippen LogP contribution in [-0.4, -0.2) is 0 Å². The van der Waals surface area contributed by atoms with E-state index in [1.54, 1.807) is 11.1 Å². The van der Waals surface area contributed by atoms with Gasteiger partial charge in [-0.15, -0.1) is 0 Å². The average Bonchev–Trinajstić information content (AvgIpc) is 2.54. The van der Waals surface area contributed by atoms with Crippen LogP contribution in [0.1, 0.15) is 49.9 Å².